The van der Waals surface area contributed by atoms with Gasteiger partial charge in [0.25, 0.3) is 11.8 Å². The van der Waals surface area contributed by atoms with Gasteiger partial charge in [0, 0.05) is 16.9 Å². The molecule has 0 aliphatic rings. The predicted molar refractivity (Wildman–Crippen MR) is 130 cm³/mol. The molecule has 0 aliphatic carbocycles. The van der Waals surface area contributed by atoms with Crippen molar-refractivity contribution in [3.05, 3.63) is 90.3 Å². The van der Waals surface area contributed by atoms with E-state index in [1.807, 2.05) is 6.92 Å². The van der Waals surface area contributed by atoms with E-state index >= 15 is 0 Å². The Morgan fingerprint density at radius 1 is 0.889 bits per heavy atom. The Morgan fingerprint density at radius 2 is 1.58 bits per heavy atom. The minimum absolute atomic E-state index is 0.209. The lowest BCUT2D eigenvalue weighted by molar-refractivity contribution is -0.119. The van der Waals surface area contributed by atoms with Gasteiger partial charge in [-0.1, -0.05) is 12.1 Å². The molecule has 2 N–H and O–H groups in total. The summed E-state index contributed by atoms with van der Waals surface area (Å²) in [5, 5.41) is 16.3. The lowest BCUT2D eigenvalue weighted by atomic mass is 10.2. The third-order valence-electron chi connectivity index (χ3n) is 4.91. The van der Waals surface area contributed by atoms with Gasteiger partial charge in [0.2, 0.25) is 0 Å². The lowest BCUT2D eigenvalue weighted by Gasteiger charge is -2.10. The number of tetrazole rings is 1. The number of nitrogens with zero attached hydrogens (tertiary/aromatic N) is 4. The van der Waals surface area contributed by atoms with Crippen molar-refractivity contribution in [2.75, 3.05) is 23.8 Å². The number of anilines is 2. The van der Waals surface area contributed by atoms with E-state index in [9.17, 15) is 14.4 Å². The largest absolute Gasteiger partial charge is 0.494 e. The summed E-state index contributed by atoms with van der Waals surface area (Å²) < 4.78 is 11.9. The first kappa shape index (κ1) is 24.1. The van der Waals surface area contributed by atoms with Gasteiger partial charge >= 0.3 is 5.97 Å². The van der Waals surface area contributed by atoms with Crippen molar-refractivity contribution in [1.29, 1.82) is 0 Å². The first-order valence-electron chi connectivity index (χ1n) is 11.0. The Balaban J connectivity index is 1.29. The smallest absolute Gasteiger partial charge is 0.340 e. The topological polar surface area (TPSA) is 137 Å². The number of amides is 2. The van der Waals surface area contributed by atoms with Gasteiger partial charge in [-0.2, -0.15) is 4.68 Å². The zero-order valence-corrected chi connectivity index (χ0v) is 19.2. The average Bonchev–Trinajstić information content (AvgIpc) is 3.44. The van der Waals surface area contributed by atoms with Crippen molar-refractivity contribution in [2.45, 2.75) is 6.92 Å². The molecule has 0 unspecified atom stereocenters. The molecule has 0 atom stereocenters. The number of hydrogen-bond donors (Lipinski definition) is 2. The van der Waals surface area contributed by atoms with E-state index in [1.54, 1.807) is 72.8 Å². The van der Waals surface area contributed by atoms with Crippen molar-refractivity contribution < 1.29 is 23.9 Å². The van der Waals surface area contributed by atoms with Gasteiger partial charge in [-0.15, -0.1) is 5.10 Å². The van der Waals surface area contributed by atoms with Crippen LogP contribution in [0.2, 0.25) is 0 Å². The predicted octanol–water partition coefficient (Wildman–Crippen LogP) is 3.11. The molecule has 182 valence electrons. The van der Waals surface area contributed by atoms with E-state index in [2.05, 4.69) is 26.2 Å². The van der Waals surface area contributed by atoms with E-state index in [-0.39, 0.29) is 11.5 Å². The second kappa shape index (κ2) is 11.4. The van der Waals surface area contributed by atoms with Crippen molar-refractivity contribution in [3.8, 4) is 11.4 Å². The molecule has 36 heavy (non-hydrogen) atoms. The second-order valence-electron chi connectivity index (χ2n) is 7.38. The molecular weight excluding hydrogens is 464 g/mol. The van der Waals surface area contributed by atoms with E-state index in [1.165, 1.54) is 11.0 Å². The number of carbonyl (C=O) groups excluding carboxylic acids is 3. The van der Waals surface area contributed by atoms with Crippen molar-refractivity contribution in [3.63, 3.8) is 0 Å². The number of nitrogens with one attached hydrogen (secondary N) is 2. The molecule has 3 aromatic carbocycles. The number of rotatable bonds is 9. The Morgan fingerprint density at radius 3 is 2.28 bits per heavy atom. The summed E-state index contributed by atoms with van der Waals surface area (Å²) in [6, 6.07) is 20.0. The Labute approximate surface area is 206 Å². The van der Waals surface area contributed by atoms with Gasteiger partial charge in [-0.25, -0.2) is 4.79 Å². The number of ether oxygens (including phenoxy) is 2. The molecule has 4 aromatic rings. The number of para-hydroxylation sites is 1. The molecule has 0 radical (unpaired) electrons. The number of benzene rings is 3. The molecule has 0 saturated carbocycles. The van der Waals surface area contributed by atoms with Crippen molar-refractivity contribution in [1.82, 2.24) is 20.2 Å². The second-order valence-corrected chi connectivity index (χ2v) is 7.38. The molecule has 11 heteroatoms. The highest BCUT2D eigenvalue weighted by Crippen LogP contribution is 2.18. The van der Waals surface area contributed by atoms with E-state index in [4.69, 9.17) is 9.47 Å². The van der Waals surface area contributed by atoms with Gasteiger partial charge in [-0.3, -0.25) is 9.59 Å². The van der Waals surface area contributed by atoms with Crippen LogP contribution in [-0.4, -0.2) is 51.2 Å². The lowest BCUT2D eigenvalue weighted by Crippen LogP contribution is -2.21. The molecule has 1 heterocycles. The van der Waals surface area contributed by atoms with Crippen LogP contribution in [0, 0.1) is 0 Å². The standard InChI is InChI=1S/C25H22N6O5/c1-2-35-20-13-11-19(12-14-20)28-24(33)17-7-9-18(10-8-17)27-23(32)15-36-25(34)21-5-3-4-6-22(21)31-16-26-29-30-31/h3-14,16H,2,15H2,1H3,(H,27,32)(H,28,33). The Bertz CT molecular complexity index is 1340. The van der Waals surface area contributed by atoms with Crippen LogP contribution in [0.25, 0.3) is 5.69 Å². The van der Waals surface area contributed by atoms with Crippen molar-refractivity contribution >= 4 is 29.2 Å². The van der Waals surface area contributed by atoms with Gasteiger partial charge < -0.3 is 20.1 Å². The van der Waals surface area contributed by atoms with Crippen LogP contribution in [0.4, 0.5) is 11.4 Å². The third-order valence-corrected chi connectivity index (χ3v) is 4.91. The van der Waals surface area contributed by atoms with E-state index in [0.29, 0.717) is 29.2 Å². The monoisotopic (exact) mass is 486 g/mol. The summed E-state index contributed by atoms with van der Waals surface area (Å²) >= 11 is 0. The molecular formula is C25H22N6O5. The van der Waals surface area contributed by atoms with Crippen LogP contribution >= 0.6 is 0 Å². The normalized spacial score (nSPS) is 10.4. The first-order valence-corrected chi connectivity index (χ1v) is 11.0. The third kappa shape index (κ3) is 6.08. The summed E-state index contributed by atoms with van der Waals surface area (Å²) in [7, 11) is 0. The Hall–Kier alpha value is -5.06. The molecule has 0 bridgehead atoms. The summed E-state index contributed by atoms with van der Waals surface area (Å²) in [6.07, 6.45) is 1.35. The number of carbonyl (C=O) groups is 3. The summed E-state index contributed by atoms with van der Waals surface area (Å²) in [6.45, 7) is 1.96. The minimum Gasteiger partial charge on any atom is -0.494 e. The first-order chi connectivity index (χ1) is 17.5. The SMILES string of the molecule is CCOc1ccc(NC(=O)c2ccc(NC(=O)COC(=O)c3ccccc3-n3cnnn3)cc2)cc1. The highest BCUT2D eigenvalue weighted by atomic mass is 16.5. The summed E-state index contributed by atoms with van der Waals surface area (Å²) in [5.74, 6) is -0.808. The van der Waals surface area contributed by atoms with Crippen LogP contribution in [0.1, 0.15) is 27.6 Å². The maximum Gasteiger partial charge on any atom is 0.340 e. The van der Waals surface area contributed by atoms with Gasteiger partial charge in [0.15, 0.2) is 6.61 Å². The van der Waals surface area contributed by atoms with Crippen LogP contribution in [0.5, 0.6) is 5.75 Å². The van der Waals surface area contributed by atoms with E-state index < -0.39 is 18.5 Å². The van der Waals surface area contributed by atoms with Gasteiger partial charge in [0.1, 0.15) is 12.1 Å². The average molecular weight is 486 g/mol. The van der Waals surface area contributed by atoms with Crippen LogP contribution in [-0.2, 0) is 9.53 Å². The zero-order valence-electron chi connectivity index (χ0n) is 19.2. The molecule has 0 fully saturated rings. The minimum atomic E-state index is -0.697. The van der Waals surface area contributed by atoms with Gasteiger partial charge in [-0.05, 0) is 78.0 Å². The summed E-state index contributed by atoms with van der Waals surface area (Å²) in [4.78, 5) is 37.3. The van der Waals surface area contributed by atoms with Crippen LogP contribution < -0.4 is 15.4 Å². The maximum absolute atomic E-state index is 12.5. The van der Waals surface area contributed by atoms with Crippen LogP contribution in [0.15, 0.2) is 79.1 Å². The molecule has 11 nitrogen and oxygen atoms in total. The van der Waals surface area contributed by atoms with E-state index in [0.717, 1.165) is 5.75 Å². The van der Waals surface area contributed by atoms with Gasteiger partial charge in [0.05, 0.1) is 17.9 Å². The number of esters is 1. The molecule has 0 saturated heterocycles. The highest BCUT2D eigenvalue weighted by Gasteiger charge is 2.16. The Kier molecular flexibility index (Phi) is 7.61. The highest BCUT2D eigenvalue weighted by molar-refractivity contribution is 6.04. The molecule has 0 aliphatic heterocycles. The number of aromatic nitrogens is 4. The quantitative estimate of drug-likeness (QED) is 0.344. The summed E-state index contributed by atoms with van der Waals surface area (Å²) in [5.41, 5.74) is 2.12. The van der Waals surface area contributed by atoms with Crippen molar-refractivity contribution in [2.24, 2.45) is 0 Å². The number of hydrogen-bond acceptors (Lipinski definition) is 8. The molecule has 1 aromatic heterocycles. The fourth-order valence-electron chi connectivity index (χ4n) is 3.23. The fourth-order valence-corrected chi connectivity index (χ4v) is 3.23. The molecule has 0 spiro atoms. The molecule has 4 rings (SSSR count). The molecule has 2 amide bonds. The maximum atomic E-state index is 12.5. The zero-order chi connectivity index (χ0) is 25.3. The fraction of sp³-hybridized carbons (Fsp3) is 0.120. The van der Waals surface area contributed by atoms with Crippen LogP contribution in [0.3, 0.4) is 0 Å².